The van der Waals surface area contributed by atoms with Crippen LogP contribution in [0.25, 0.3) is 0 Å². The summed E-state index contributed by atoms with van der Waals surface area (Å²) >= 11 is 0. The highest BCUT2D eigenvalue weighted by Crippen LogP contribution is 2.42. The minimum Gasteiger partial charge on any atom is -0.207 e. The number of hydrogen-bond acceptors (Lipinski definition) is 0. The van der Waals surface area contributed by atoms with Gasteiger partial charge in [-0.25, -0.2) is 17.6 Å². The average Bonchev–Trinajstić information content (AvgIpc) is 3.09. The summed E-state index contributed by atoms with van der Waals surface area (Å²) in [6.07, 6.45) is 26.2. The van der Waals surface area contributed by atoms with Gasteiger partial charge in [-0.1, -0.05) is 90.9 Å². The molecule has 4 fully saturated rings. The predicted molar refractivity (Wildman–Crippen MR) is 192 cm³/mol. The van der Waals surface area contributed by atoms with Gasteiger partial charge in [0.1, 0.15) is 23.3 Å². The van der Waals surface area contributed by atoms with E-state index in [2.05, 4.69) is 13.8 Å². The Hall–Kier alpha value is -1.84. The molecule has 0 atom stereocenters. The molecule has 4 saturated carbocycles. The first-order chi connectivity index (χ1) is 23.0. The highest BCUT2D eigenvalue weighted by atomic mass is 19.1. The number of hydrogen-bond donors (Lipinski definition) is 0. The fourth-order valence-corrected chi connectivity index (χ4v) is 9.55. The third-order valence-electron chi connectivity index (χ3n) is 13.5. The second kappa shape index (κ2) is 17.9. The summed E-state index contributed by atoms with van der Waals surface area (Å²) in [6, 6.07) is 6.25. The molecule has 0 N–H and O–H groups in total. The Morgan fingerprint density at radius 2 is 0.625 bits per heavy atom. The van der Waals surface area contributed by atoms with Gasteiger partial charge in [0.2, 0.25) is 0 Å². The van der Waals surface area contributed by atoms with Gasteiger partial charge in [0.05, 0.1) is 0 Å². The third kappa shape index (κ3) is 10.6. The molecule has 0 aromatic heterocycles. The van der Waals surface area contributed by atoms with Crippen molar-refractivity contribution in [2.75, 3.05) is 0 Å². The summed E-state index contributed by atoms with van der Waals surface area (Å²) in [4.78, 5) is 0. The largest absolute Gasteiger partial charge is 0.207 e. The molecule has 0 saturated heterocycles. The maximum absolute atomic E-state index is 13.8. The average molecular weight is 669 g/mol. The monoisotopic (exact) mass is 668 g/mol. The first-order valence-corrected chi connectivity index (χ1v) is 20.0. The standard InChI is InChI=1S/2C22H32F2/c2*1-15-3-5-17(6-4-15)7-8-18-9-11-19(12-10-18)20-13-21(23)16(2)22(24)14-20/h2*13-15,17-19H,3-12H2,1-2H3. The van der Waals surface area contributed by atoms with Gasteiger partial charge in [-0.15, -0.1) is 0 Å². The van der Waals surface area contributed by atoms with Crippen LogP contribution in [0.4, 0.5) is 17.6 Å². The first-order valence-electron chi connectivity index (χ1n) is 20.0. The predicted octanol–water partition coefficient (Wildman–Crippen LogP) is 14.3. The molecule has 4 aliphatic carbocycles. The molecule has 0 bridgehead atoms. The molecule has 4 heteroatoms. The van der Waals surface area contributed by atoms with Crippen LogP contribution < -0.4 is 0 Å². The minimum absolute atomic E-state index is 0.147. The molecule has 0 spiro atoms. The molecular formula is C44H64F4. The van der Waals surface area contributed by atoms with Gasteiger partial charge in [-0.05, 0) is 148 Å². The van der Waals surface area contributed by atoms with Crippen molar-refractivity contribution in [3.8, 4) is 0 Å². The van der Waals surface area contributed by atoms with Crippen LogP contribution in [-0.2, 0) is 0 Å². The van der Waals surface area contributed by atoms with E-state index >= 15 is 0 Å². The van der Waals surface area contributed by atoms with E-state index in [1.54, 1.807) is 24.3 Å². The SMILES string of the molecule is Cc1c(F)cc(C2CCC(CCC3CCC(C)CC3)CC2)cc1F.Cc1c(F)cc(C2CCC(CCC3CCC(C)CC3)CC2)cc1F. The fraction of sp³-hybridized carbons (Fsp3) is 0.727. The van der Waals surface area contributed by atoms with Crippen molar-refractivity contribution in [1.29, 1.82) is 0 Å². The third-order valence-corrected chi connectivity index (χ3v) is 13.5. The molecule has 0 aliphatic heterocycles. The van der Waals surface area contributed by atoms with Crippen LogP contribution in [0, 0.1) is 72.6 Å². The van der Waals surface area contributed by atoms with Gasteiger partial charge in [0, 0.05) is 11.1 Å². The molecule has 268 valence electrons. The van der Waals surface area contributed by atoms with Crippen molar-refractivity contribution in [2.24, 2.45) is 35.5 Å². The molecule has 0 nitrogen and oxygen atoms in total. The van der Waals surface area contributed by atoms with Crippen molar-refractivity contribution in [3.05, 3.63) is 69.8 Å². The molecule has 0 heterocycles. The summed E-state index contributed by atoms with van der Waals surface area (Å²) in [5.74, 6) is 4.59. The van der Waals surface area contributed by atoms with Crippen LogP contribution in [0.3, 0.4) is 0 Å². The van der Waals surface area contributed by atoms with E-state index in [1.807, 2.05) is 0 Å². The van der Waals surface area contributed by atoms with E-state index in [-0.39, 0.29) is 11.1 Å². The van der Waals surface area contributed by atoms with E-state index < -0.39 is 23.3 Å². The number of halogens is 4. The van der Waals surface area contributed by atoms with Crippen molar-refractivity contribution >= 4 is 0 Å². The fourth-order valence-electron chi connectivity index (χ4n) is 9.55. The summed E-state index contributed by atoms with van der Waals surface area (Å²) < 4.78 is 55.1. The van der Waals surface area contributed by atoms with Gasteiger partial charge in [-0.2, -0.15) is 0 Å². The van der Waals surface area contributed by atoms with Crippen LogP contribution in [0.5, 0.6) is 0 Å². The van der Waals surface area contributed by atoms with Crippen LogP contribution in [-0.4, -0.2) is 0 Å². The minimum atomic E-state index is -0.390. The van der Waals surface area contributed by atoms with Crippen LogP contribution in [0.2, 0.25) is 0 Å². The lowest BCUT2D eigenvalue weighted by Crippen LogP contribution is -2.17. The summed E-state index contributed by atoms with van der Waals surface area (Å²) in [6.45, 7) is 7.79. The van der Waals surface area contributed by atoms with Crippen LogP contribution in [0.1, 0.15) is 176 Å². The Labute approximate surface area is 290 Å². The Kier molecular flexibility index (Phi) is 13.9. The van der Waals surface area contributed by atoms with E-state index in [4.69, 9.17) is 0 Å². The molecule has 2 aromatic rings. The lowest BCUT2D eigenvalue weighted by atomic mass is 9.74. The molecule has 0 amide bonds. The van der Waals surface area contributed by atoms with Crippen molar-refractivity contribution in [2.45, 2.75) is 168 Å². The Morgan fingerprint density at radius 1 is 0.396 bits per heavy atom. The van der Waals surface area contributed by atoms with Gasteiger partial charge in [-0.3, -0.25) is 0 Å². The summed E-state index contributed by atoms with van der Waals surface area (Å²) in [5, 5.41) is 0. The molecular weight excluding hydrogens is 604 g/mol. The summed E-state index contributed by atoms with van der Waals surface area (Å²) in [5.41, 5.74) is 2.04. The van der Waals surface area contributed by atoms with Gasteiger partial charge in [0.15, 0.2) is 0 Å². The molecule has 2 aromatic carbocycles. The van der Waals surface area contributed by atoms with E-state index in [0.717, 1.165) is 72.3 Å². The van der Waals surface area contributed by atoms with Crippen LogP contribution in [0.15, 0.2) is 24.3 Å². The maximum atomic E-state index is 13.8. The highest BCUT2D eigenvalue weighted by Gasteiger charge is 2.27. The van der Waals surface area contributed by atoms with E-state index in [9.17, 15) is 17.6 Å². The normalized spacial score (nSPS) is 31.2. The molecule has 48 heavy (non-hydrogen) atoms. The lowest BCUT2D eigenvalue weighted by molar-refractivity contribution is 0.237. The zero-order valence-corrected chi connectivity index (χ0v) is 30.6. The molecule has 0 unspecified atom stereocenters. The van der Waals surface area contributed by atoms with E-state index in [0.29, 0.717) is 11.8 Å². The molecule has 4 aliphatic rings. The lowest BCUT2D eigenvalue weighted by Gasteiger charge is -2.31. The quantitative estimate of drug-likeness (QED) is 0.246. The maximum Gasteiger partial charge on any atom is 0.129 e. The molecule has 6 rings (SSSR count). The molecule has 0 radical (unpaired) electrons. The number of rotatable bonds is 8. The smallest absolute Gasteiger partial charge is 0.129 e. The van der Waals surface area contributed by atoms with E-state index in [1.165, 1.54) is 117 Å². The van der Waals surface area contributed by atoms with Crippen molar-refractivity contribution < 1.29 is 17.6 Å². The van der Waals surface area contributed by atoms with Crippen LogP contribution >= 0.6 is 0 Å². The number of benzene rings is 2. The van der Waals surface area contributed by atoms with Crippen molar-refractivity contribution in [1.82, 2.24) is 0 Å². The topological polar surface area (TPSA) is 0 Å². The second-order valence-corrected chi connectivity index (χ2v) is 17.1. The second-order valence-electron chi connectivity index (χ2n) is 17.1. The highest BCUT2D eigenvalue weighted by molar-refractivity contribution is 5.29. The zero-order chi connectivity index (χ0) is 34.2. The van der Waals surface area contributed by atoms with Gasteiger partial charge < -0.3 is 0 Å². The Balaban J connectivity index is 0.000000188. The Morgan fingerprint density at radius 3 is 0.875 bits per heavy atom. The first kappa shape index (κ1) is 37.4. The zero-order valence-electron chi connectivity index (χ0n) is 30.6. The summed E-state index contributed by atoms with van der Waals surface area (Å²) in [7, 11) is 0. The van der Waals surface area contributed by atoms with Gasteiger partial charge in [0.25, 0.3) is 0 Å². The Bertz CT molecular complexity index is 1120. The van der Waals surface area contributed by atoms with Gasteiger partial charge >= 0.3 is 0 Å². The van der Waals surface area contributed by atoms with Crippen molar-refractivity contribution in [3.63, 3.8) is 0 Å².